The van der Waals surface area contributed by atoms with Gasteiger partial charge >= 0.3 is 0 Å². The molecule has 1 amide bonds. The molecule has 0 aliphatic heterocycles. The van der Waals surface area contributed by atoms with Gasteiger partial charge in [-0.25, -0.2) is 4.98 Å². The lowest BCUT2D eigenvalue weighted by molar-refractivity contribution is -0.119. The molecule has 0 aromatic carbocycles. The maximum Gasteiger partial charge on any atom is 0.235 e. The molecule has 0 saturated heterocycles. The summed E-state index contributed by atoms with van der Waals surface area (Å²) in [4.78, 5) is 14.9. The van der Waals surface area contributed by atoms with Crippen molar-refractivity contribution in [3.8, 4) is 0 Å². The zero-order valence-electron chi connectivity index (χ0n) is 8.64. The third kappa shape index (κ3) is 3.58. The summed E-state index contributed by atoms with van der Waals surface area (Å²) in [7, 11) is 0. The van der Waals surface area contributed by atoms with E-state index in [2.05, 4.69) is 17.2 Å². The minimum absolute atomic E-state index is 0.149. The Bertz CT molecular complexity index is 301. The summed E-state index contributed by atoms with van der Waals surface area (Å²) in [6, 6.07) is -0.491. The molecule has 1 rings (SSSR count). The first-order chi connectivity index (χ1) is 7.15. The van der Waals surface area contributed by atoms with E-state index in [0.29, 0.717) is 6.54 Å². The standard InChI is InChI=1S/C9H16N4OS/c1-2-7(9-12-3-4-15-9)13-5-6(10)8(11)14/h3-4,6-7,13H,2,5,10H2,1H3,(H2,11,14). The molecule has 5 nitrogen and oxygen atoms in total. The molecule has 1 aromatic heterocycles. The second-order valence-corrected chi connectivity index (χ2v) is 4.17. The highest BCUT2D eigenvalue weighted by Gasteiger charge is 2.14. The van der Waals surface area contributed by atoms with E-state index in [-0.39, 0.29) is 6.04 Å². The first-order valence-corrected chi connectivity index (χ1v) is 5.70. The minimum Gasteiger partial charge on any atom is -0.368 e. The van der Waals surface area contributed by atoms with Crippen LogP contribution in [0.25, 0.3) is 0 Å². The summed E-state index contributed by atoms with van der Waals surface area (Å²) in [5.41, 5.74) is 10.6. The minimum atomic E-state index is -0.640. The smallest absolute Gasteiger partial charge is 0.235 e. The number of carbonyl (C=O) groups is 1. The summed E-state index contributed by atoms with van der Waals surface area (Å²) < 4.78 is 0. The number of nitrogens with two attached hydrogens (primary N) is 2. The van der Waals surface area contributed by atoms with E-state index in [1.807, 2.05) is 5.38 Å². The number of aromatic nitrogens is 1. The van der Waals surface area contributed by atoms with Crippen LogP contribution in [0.5, 0.6) is 0 Å². The van der Waals surface area contributed by atoms with E-state index >= 15 is 0 Å². The van der Waals surface area contributed by atoms with Gasteiger partial charge in [0.1, 0.15) is 5.01 Å². The molecule has 0 aliphatic rings. The Morgan fingerprint density at radius 1 is 1.73 bits per heavy atom. The van der Waals surface area contributed by atoms with Crippen LogP contribution in [0.4, 0.5) is 0 Å². The van der Waals surface area contributed by atoms with Gasteiger partial charge in [-0.15, -0.1) is 11.3 Å². The average molecular weight is 228 g/mol. The molecule has 5 N–H and O–H groups in total. The van der Waals surface area contributed by atoms with Crippen LogP contribution in [-0.2, 0) is 4.79 Å². The number of carbonyl (C=O) groups excluding carboxylic acids is 1. The monoisotopic (exact) mass is 228 g/mol. The molecule has 84 valence electrons. The van der Waals surface area contributed by atoms with Crippen molar-refractivity contribution in [1.82, 2.24) is 10.3 Å². The van der Waals surface area contributed by atoms with Gasteiger partial charge in [-0.3, -0.25) is 4.79 Å². The summed E-state index contributed by atoms with van der Waals surface area (Å²) in [6.07, 6.45) is 2.66. The molecule has 6 heteroatoms. The summed E-state index contributed by atoms with van der Waals surface area (Å²) >= 11 is 1.59. The molecule has 15 heavy (non-hydrogen) atoms. The molecule has 2 unspecified atom stereocenters. The molecule has 0 aliphatic carbocycles. The van der Waals surface area contributed by atoms with Crippen molar-refractivity contribution < 1.29 is 4.79 Å². The highest BCUT2D eigenvalue weighted by molar-refractivity contribution is 7.09. The Balaban J connectivity index is 2.45. The molecule has 1 heterocycles. The highest BCUT2D eigenvalue weighted by Crippen LogP contribution is 2.18. The number of thiazole rings is 1. The number of amides is 1. The lowest BCUT2D eigenvalue weighted by Crippen LogP contribution is -2.45. The van der Waals surface area contributed by atoms with Gasteiger partial charge in [0.05, 0.1) is 12.1 Å². The van der Waals surface area contributed by atoms with Crippen molar-refractivity contribution in [3.05, 3.63) is 16.6 Å². The molecule has 2 atom stereocenters. The van der Waals surface area contributed by atoms with Gasteiger partial charge in [0.15, 0.2) is 0 Å². The second kappa shape index (κ2) is 5.79. The van der Waals surface area contributed by atoms with E-state index in [1.165, 1.54) is 0 Å². The third-order valence-electron chi connectivity index (χ3n) is 2.11. The Hall–Kier alpha value is -0.980. The van der Waals surface area contributed by atoms with E-state index in [9.17, 15) is 4.79 Å². The largest absolute Gasteiger partial charge is 0.368 e. The van der Waals surface area contributed by atoms with Crippen LogP contribution >= 0.6 is 11.3 Å². The van der Waals surface area contributed by atoms with Crippen LogP contribution in [-0.4, -0.2) is 23.5 Å². The predicted molar refractivity (Wildman–Crippen MR) is 60.3 cm³/mol. The number of primary amides is 1. The summed E-state index contributed by atoms with van der Waals surface area (Å²) in [6.45, 7) is 2.43. The fourth-order valence-corrected chi connectivity index (χ4v) is 1.98. The number of hydrogen-bond acceptors (Lipinski definition) is 5. The van der Waals surface area contributed by atoms with Gasteiger partial charge in [0.2, 0.25) is 5.91 Å². The molecule has 0 bridgehead atoms. The average Bonchev–Trinajstić information content (AvgIpc) is 2.71. The van der Waals surface area contributed by atoms with Crippen molar-refractivity contribution in [1.29, 1.82) is 0 Å². The van der Waals surface area contributed by atoms with Crippen LogP contribution in [0.1, 0.15) is 24.4 Å². The fourth-order valence-electron chi connectivity index (χ4n) is 1.18. The van der Waals surface area contributed by atoms with Crippen molar-refractivity contribution in [2.24, 2.45) is 11.5 Å². The second-order valence-electron chi connectivity index (χ2n) is 3.25. The quantitative estimate of drug-likeness (QED) is 0.638. The van der Waals surface area contributed by atoms with Gasteiger partial charge in [-0.05, 0) is 6.42 Å². The molecular weight excluding hydrogens is 212 g/mol. The maximum absolute atomic E-state index is 10.7. The molecule has 0 radical (unpaired) electrons. The van der Waals surface area contributed by atoms with Crippen LogP contribution < -0.4 is 16.8 Å². The Kier molecular flexibility index (Phi) is 4.67. The first kappa shape index (κ1) is 12.1. The van der Waals surface area contributed by atoms with Gasteiger partial charge in [0, 0.05) is 18.1 Å². The van der Waals surface area contributed by atoms with Crippen molar-refractivity contribution in [2.45, 2.75) is 25.4 Å². The number of rotatable bonds is 6. The highest BCUT2D eigenvalue weighted by atomic mass is 32.1. The SMILES string of the molecule is CCC(NCC(N)C(N)=O)c1nccs1. The summed E-state index contributed by atoms with van der Waals surface area (Å²) in [5.74, 6) is -0.489. The van der Waals surface area contributed by atoms with E-state index in [1.54, 1.807) is 17.5 Å². The molecular formula is C9H16N4OS. The molecule has 0 fully saturated rings. The van der Waals surface area contributed by atoms with Gasteiger partial charge in [0.25, 0.3) is 0 Å². The lowest BCUT2D eigenvalue weighted by atomic mass is 10.2. The normalized spacial score (nSPS) is 14.8. The Labute approximate surface area is 92.9 Å². The Morgan fingerprint density at radius 3 is 2.93 bits per heavy atom. The zero-order valence-corrected chi connectivity index (χ0v) is 9.46. The van der Waals surface area contributed by atoms with Gasteiger partial charge in [-0.2, -0.15) is 0 Å². The van der Waals surface area contributed by atoms with Gasteiger partial charge in [-0.1, -0.05) is 6.92 Å². The lowest BCUT2D eigenvalue weighted by Gasteiger charge is -2.16. The molecule has 0 spiro atoms. The number of nitrogens with one attached hydrogen (secondary N) is 1. The summed E-state index contributed by atoms with van der Waals surface area (Å²) in [5, 5.41) is 6.11. The van der Waals surface area contributed by atoms with Crippen LogP contribution in [0.3, 0.4) is 0 Å². The fraction of sp³-hybridized carbons (Fsp3) is 0.556. The molecule has 1 aromatic rings. The topological polar surface area (TPSA) is 94.0 Å². The van der Waals surface area contributed by atoms with Gasteiger partial charge < -0.3 is 16.8 Å². The van der Waals surface area contributed by atoms with Crippen LogP contribution in [0, 0.1) is 0 Å². The van der Waals surface area contributed by atoms with Crippen molar-refractivity contribution in [2.75, 3.05) is 6.54 Å². The van der Waals surface area contributed by atoms with Crippen molar-refractivity contribution in [3.63, 3.8) is 0 Å². The van der Waals surface area contributed by atoms with Crippen LogP contribution in [0.2, 0.25) is 0 Å². The van der Waals surface area contributed by atoms with E-state index < -0.39 is 11.9 Å². The number of nitrogens with zero attached hydrogens (tertiary/aromatic N) is 1. The number of hydrogen-bond donors (Lipinski definition) is 3. The van der Waals surface area contributed by atoms with Crippen molar-refractivity contribution >= 4 is 17.2 Å². The molecule has 0 saturated carbocycles. The van der Waals surface area contributed by atoms with E-state index in [4.69, 9.17) is 11.5 Å². The first-order valence-electron chi connectivity index (χ1n) is 4.82. The van der Waals surface area contributed by atoms with E-state index in [0.717, 1.165) is 11.4 Å². The zero-order chi connectivity index (χ0) is 11.3. The third-order valence-corrected chi connectivity index (χ3v) is 3.00. The predicted octanol–water partition coefficient (Wildman–Crippen LogP) is -0.00360. The maximum atomic E-state index is 10.7. The van der Waals surface area contributed by atoms with Crippen LogP contribution in [0.15, 0.2) is 11.6 Å². The Morgan fingerprint density at radius 2 is 2.47 bits per heavy atom.